The molecule has 0 spiro atoms. The molecule has 2 aromatic heterocycles. The quantitative estimate of drug-likeness (QED) is 0.0314. The Morgan fingerprint density at radius 3 is 2.08 bits per heavy atom. The first kappa shape index (κ1) is 54.6. The number of nitrogens with one attached hydrogen (secondary N) is 10. The van der Waals surface area contributed by atoms with Crippen LogP contribution in [0.3, 0.4) is 0 Å². The lowest BCUT2D eigenvalue weighted by Crippen LogP contribution is -2.61. The third kappa shape index (κ3) is 17.0. The molecule has 72 heavy (non-hydrogen) atoms. The van der Waals surface area contributed by atoms with Crippen molar-refractivity contribution < 1.29 is 48.3 Å². The van der Waals surface area contributed by atoms with Gasteiger partial charge in [0.2, 0.25) is 53.2 Å². The summed E-state index contributed by atoms with van der Waals surface area (Å²) in [5.74, 6) is -7.83. The topological polar surface area (TPSA) is 405 Å². The number of benzene rings is 2. The van der Waals surface area contributed by atoms with E-state index in [1.165, 1.54) is 19.4 Å². The number of rotatable bonds is 15. The van der Waals surface area contributed by atoms with Crippen LogP contribution in [0.25, 0.3) is 10.9 Å². The van der Waals surface area contributed by atoms with Gasteiger partial charge in [0.15, 0.2) is 5.96 Å². The minimum absolute atomic E-state index is 0.0103. The summed E-state index contributed by atoms with van der Waals surface area (Å²) in [6, 6.07) is 5.63. The molecule has 1 aliphatic heterocycles. The molecule has 386 valence electrons. The van der Waals surface area contributed by atoms with Crippen molar-refractivity contribution in [3.8, 4) is 0 Å². The number of aliphatic hydroxyl groups is 1. The molecule has 5 rings (SSSR count). The molecule has 7 atom stereocenters. The highest BCUT2D eigenvalue weighted by atomic mass is 16.3. The maximum absolute atomic E-state index is 14.5. The first-order valence-electron chi connectivity index (χ1n) is 23.4. The number of hydrogen-bond donors (Lipinski definition) is 14. The summed E-state index contributed by atoms with van der Waals surface area (Å²) < 4.78 is 0. The summed E-state index contributed by atoms with van der Waals surface area (Å²) in [6.07, 6.45) is 3.99. The molecule has 17 N–H and O–H groups in total. The number of aromatic nitrogens is 3. The molecule has 25 nitrogen and oxygen atoms in total. The van der Waals surface area contributed by atoms with Gasteiger partial charge in [-0.05, 0) is 49.3 Å². The van der Waals surface area contributed by atoms with E-state index in [1.807, 2.05) is 18.2 Å². The van der Waals surface area contributed by atoms with Crippen LogP contribution in [0.5, 0.6) is 0 Å². The minimum Gasteiger partial charge on any atom is -0.394 e. The van der Waals surface area contributed by atoms with Crippen LogP contribution in [0, 0.1) is 0 Å². The van der Waals surface area contributed by atoms with Crippen molar-refractivity contribution in [3.63, 3.8) is 0 Å². The van der Waals surface area contributed by atoms with Crippen molar-refractivity contribution >= 4 is 70.0 Å². The highest BCUT2D eigenvalue weighted by molar-refractivity contribution is 5.99. The molecular weight excluding hydrogens is 935 g/mol. The molecule has 0 saturated carbocycles. The fraction of sp³-hybridized carbons (Fsp3) is 0.426. The zero-order valence-electron chi connectivity index (χ0n) is 39.7. The Balaban J connectivity index is 1.50. The first-order valence-corrected chi connectivity index (χ1v) is 23.4. The SMILES string of the molecule is CC(=O)N[C@@H](CCCN=C(N)N)C(=O)N[C@H]1CC(=O)NCCCC[C@@H](C(N)=O)NC(=O)[C@H](Cc2c[nH]c3ccccc23)NC(=O)[C@H](CO)NC(=O)[C@@H](Cc2ccccc2)NC(=O)[C@H](Cc2cnc[nH]2)NC1=O. The number of imidazole rings is 1. The van der Waals surface area contributed by atoms with E-state index in [2.05, 4.69) is 62.5 Å². The Labute approximate surface area is 413 Å². The van der Waals surface area contributed by atoms with Gasteiger partial charge in [0.25, 0.3) is 0 Å². The van der Waals surface area contributed by atoms with E-state index >= 15 is 0 Å². The number of amides is 9. The summed E-state index contributed by atoms with van der Waals surface area (Å²) in [4.78, 5) is 137. The number of nitrogens with two attached hydrogens (primary N) is 3. The summed E-state index contributed by atoms with van der Waals surface area (Å²) in [6.45, 7) is 0.355. The van der Waals surface area contributed by atoms with E-state index < -0.39 is 108 Å². The molecule has 9 amide bonds. The first-order chi connectivity index (χ1) is 34.5. The molecule has 3 heterocycles. The smallest absolute Gasteiger partial charge is 0.245 e. The van der Waals surface area contributed by atoms with Crippen molar-refractivity contribution in [1.29, 1.82) is 0 Å². The second-order valence-corrected chi connectivity index (χ2v) is 17.2. The lowest BCUT2D eigenvalue weighted by Gasteiger charge is -2.27. The molecule has 25 heteroatoms. The van der Waals surface area contributed by atoms with Gasteiger partial charge in [-0.2, -0.15) is 0 Å². The summed E-state index contributed by atoms with van der Waals surface area (Å²) in [7, 11) is 0. The maximum Gasteiger partial charge on any atom is 0.245 e. The van der Waals surface area contributed by atoms with Gasteiger partial charge in [-0.1, -0.05) is 48.5 Å². The summed E-state index contributed by atoms with van der Waals surface area (Å²) in [5.41, 5.74) is 18.9. The van der Waals surface area contributed by atoms with Gasteiger partial charge in [0, 0.05) is 68.3 Å². The standard InChI is InChI=1S/C47H63N15O10/c1-26(64)56-33(15-9-17-53-47(49)50)41(67)61-37-21-39(65)52-16-8-7-14-32(40(48)66)57-43(69)35(19-28-22-54-31-13-6-5-12-30(28)31)59-46(72)38(24-63)62-42(68)34(18-27-10-3-2-4-11-27)58-44(70)36(60-45(37)71)20-29-23-51-25-55-29/h2-6,10-13,22-23,25,32-38,54,63H,7-9,14-21,24H2,1H3,(H2,48,66)(H,51,55)(H,52,65)(H,56,64)(H,57,69)(H,58,70)(H,59,72)(H,60,71)(H,61,67)(H,62,68)(H4,49,50,53)/t32-,33-,34+,35-,36-,37-,38-/m0/s1. The van der Waals surface area contributed by atoms with Crippen molar-refractivity contribution in [1.82, 2.24) is 57.5 Å². The number of aliphatic imine (C=N–C) groups is 1. The number of fused-ring (bicyclic) bond motifs is 1. The lowest BCUT2D eigenvalue weighted by molar-refractivity contribution is -0.136. The zero-order valence-corrected chi connectivity index (χ0v) is 39.7. The van der Waals surface area contributed by atoms with Crippen LogP contribution >= 0.6 is 0 Å². The Kier molecular flexibility index (Phi) is 20.6. The van der Waals surface area contributed by atoms with Crippen LogP contribution in [0.1, 0.15) is 62.3 Å². The van der Waals surface area contributed by atoms with Gasteiger partial charge in [-0.15, -0.1) is 0 Å². The Morgan fingerprint density at radius 1 is 0.778 bits per heavy atom. The Morgan fingerprint density at radius 2 is 1.42 bits per heavy atom. The average molecular weight is 998 g/mol. The monoisotopic (exact) mass is 997 g/mol. The number of hydrogen-bond acceptors (Lipinski definition) is 12. The molecular formula is C47H63N15O10. The van der Waals surface area contributed by atoms with Gasteiger partial charge in [-0.3, -0.25) is 48.1 Å². The number of carbonyl (C=O) groups is 9. The second kappa shape index (κ2) is 27.2. The number of para-hydroxylation sites is 1. The van der Waals surface area contributed by atoms with E-state index in [1.54, 1.807) is 42.6 Å². The maximum atomic E-state index is 14.5. The molecule has 1 aliphatic rings. The normalized spacial score (nSPS) is 21.6. The summed E-state index contributed by atoms with van der Waals surface area (Å²) in [5, 5.41) is 32.0. The van der Waals surface area contributed by atoms with Crippen molar-refractivity contribution in [2.45, 2.75) is 107 Å². The highest BCUT2D eigenvalue weighted by Gasteiger charge is 2.35. The molecule has 4 aromatic rings. The fourth-order valence-corrected chi connectivity index (χ4v) is 7.91. The summed E-state index contributed by atoms with van der Waals surface area (Å²) >= 11 is 0. The predicted octanol–water partition coefficient (Wildman–Crippen LogP) is -3.45. The number of aliphatic hydroxyl groups excluding tert-OH is 1. The van der Waals surface area contributed by atoms with Crippen molar-refractivity contribution in [2.24, 2.45) is 22.2 Å². The van der Waals surface area contributed by atoms with E-state index in [-0.39, 0.29) is 70.4 Å². The third-order valence-corrected chi connectivity index (χ3v) is 11.6. The predicted molar refractivity (Wildman–Crippen MR) is 261 cm³/mol. The highest BCUT2D eigenvalue weighted by Crippen LogP contribution is 2.20. The van der Waals surface area contributed by atoms with Crippen LogP contribution < -0.4 is 59.7 Å². The largest absolute Gasteiger partial charge is 0.394 e. The zero-order chi connectivity index (χ0) is 52.2. The van der Waals surface area contributed by atoms with Crippen LogP contribution in [0.15, 0.2) is 78.3 Å². The van der Waals surface area contributed by atoms with E-state index in [9.17, 15) is 48.3 Å². The number of primary amides is 1. The van der Waals surface area contributed by atoms with E-state index in [0.717, 1.165) is 10.9 Å². The number of aromatic amines is 2. The molecule has 1 fully saturated rings. The van der Waals surface area contributed by atoms with Gasteiger partial charge in [0.1, 0.15) is 42.3 Å². The lowest BCUT2D eigenvalue weighted by atomic mass is 10.0. The van der Waals surface area contributed by atoms with Crippen LogP contribution in [-0.2, 0) is 62.4 Å². The molecule has 0 unspecified atom stereocenters. The molecule has 2 aromatic carbocycles. The third-order valence-electron chi connectivity index (χ3n) is 11.6. The van der Waals surface area contributed by atoms with Gasteiger partial charge >= 0.3 is 0 Å². The average Bonchev–Trinajstić information content (AvgIpc) is 4.02. The minimum atomic E-state index is -1.68. The number of nitrogens with zero attached hydrogens (tertiary/aromatic N) is 2. The Hall–Kier alpha value is -8.35. The molecule has 0 bridgehead atoms. The van der Waals surface area contributed by atoms with Crippen LogP contribution in [0.2, 0.25) is 0 Å². The van der Waals surface area contributed by atoms with Crippen molar-refractivity contribution in [3.05, 3.63) is 90.1 Å². The molecule has 0 aliphatic carbocycles. The Bertz CT molecular complexity index is 2550. The number of carbonyl (C=O) groups excluding carboxylic acids is 9. The van der Waals surface area contributed by atoms with Crippen LogP contribution in [0.4, 0.5) is 0 Å². The van der Waals surface area contributed by atoms with Crippen LogP contribution in [-0.4, -0.2) is 141 Å². The van der Waals surface area contributed by atoms with Crippen molar-refractivity contribution in [2.75, 3.05) is 19.7 Å². The van der Waals surface area contributed by atoms with E-state index in [0.29, 0.717) is 16.8 Å². The molecule has 0 radical (unpaired) electrons. The fourth-order valence-electron chi connectivity index (χ4n) is 7.91. The molecule has 1 saturated heterocycles. The number of guanidine groups is 1. The van der Waals surface area contributed by atoms with Gasteiger partial charge in [-0.25, -0.2) is 4.98 Å². The second-order valence-electron chi connectivity index (χ2n) is 17.2. The number of H-pyrrole nitrogens is 2. The van der Waals surface area contributed by atoms with Gasteiger partial charge in [0.05, 0.1) is 19.4 Å². The van der Waals surface area contributed by atoms with E-state index in [4.69, 9.17) is 17.2 Å². The van der Waals surface area contributed by atoms with Gasteiger partial charge < -0.3 is 74.8 Å².